The van der Waals surface area contributed by atoms with Gasteiger partial charge >= 0.3 is 0 Å². The predicted octanol–water partition coefficient (Wildman–Crippen LogP) is 3.16. The second-order valence-corrected chi connectivity index (χ2v) is 3.68. The van der Waals surface area contributed by atoms with Gasteiger partial charge in [0.15, 0.2) is 0 Å². The van der Waals surface area contributed by atoms with Crippen LogP contribution < -0.4 is 5.32 Å². The van der Waals surface area contributed by atoms with Gasteiger partial charge in [-0.3, -0.25) is 0 Å². The molecule has 4 heteroatoms. The molecule has 0 spiro atoms. The van der Waals surface area contributed by atoms with Crippen molar-refractivity contribution in [1.82, 2.24) is 4.98 Å². The molecule has 66 valence electrons. The minimum atomic E-state index is 0.725. The van der Waals surface area contributed by atoms with Gasteiger partial charge in [0.1, 0.15) is 4.60 Å². The Morgan fingerprint density at radius 3 is 2.50 bits per heavy atom. The van der Waals surface area contributed by atoms with Crippen molar-refractivity contribution in [2.24, 2.45) is 0 Å². The second-order valence-electron chi connectivity index (χ2n) is 2.55. The maximum atomic E-state index is 6.01. The molecule has 0 bridgehead atoms. The Hall–Kier alpha value is -0.280. The zero-order chi connectivity index (χ0) is 9.30. The minimum Gasteiger partial charge on any atom is -0.386 e. The van der Waals surface area contributed by atoms with Crippen LogP contribution in [0.5, 0.6) is 0 Å². The summed E-state index contributed by atoms with van der Waals surface area (Å²) in [4.78, 5) is 4.23. The third-order valence-electron chi connectivity index (χ3n) is 1.74. The highest BCUT2D eigenvalue weighted by Gasteiger charge is 2.09. The molecule has 1 N–H and O–H groups in total. The van der Waals surface area contributed by atoms with Crippen LogP contribution in [0.25, 0.3) is 0 Å². The highest BCUT2D eigenvalue weighted by atomic mass is 79.9. The van der Waals surface area contributed by atoms with Crippen molar-refractivity contribution in [3.05, 3.63) is 20.9 Å². The van der Waals surface area contributed by atoms with E-state index in [0.717, 1.165) is 26.6 Å². The zero-order valence-corrected chi connectivity index (χ0v) is 9.55. The molecule has 1 heterocycles. The summed E-state index contributed by atoms with van der Waals surface area (Å²) >= 11 is 9.37. The molecule has 1 aromatic heterocycles. The maximum absolute atomic E-state index is 6.01. The Labute approximate surface area is 85.5 Å². The van der Waals surface area contributed by atoms with E-state index in [0.29, 0.717) is 0 Å². The summed E-state index contributed by atoms with van der Waals surface area (Å²) in [5.74, 6) is 0. The van der Waals surface area contributed by atoms with Crippen molar-refractivity contribution in [2.75, 3.05) is 12.4 Å². The van der Waals surface area contributed by atoms with Crippen LogP contribution in [0.15, 0.2) is 4.60 Å². The summed E-state index contributed by atoms with van der Waals surface area (Å²) in [6.07, 6.45) is 0. The van der Waals surface area contributed by atoms with E-state index in [-0.39, 0.29) is 0 Å². The zero-order valence-electron chi connectivity index (χ0n) is 7.20. The number of nitrogens with zero attached hydrogens (tertiary/aromatic N) is 1. The van der Waals surface area contributed by atoms with Gasteiger partial charge in [0.25, 0.3) is 0 Å². The molecule has 0 aliphatic rings. The average Bonchev–Trinajstić information content (AvgIpc) is 2.01. The number of anilines is 1. The Kier molecular flexibility index (Phi) is 2.96. The van der Waals surface area contributed by atoms with E-state index in [1.807, 2.05) is 20.9 Å². The second kappa shape index (κ2) is 3.62. The fourth-order valence-corrected chi connectivity index (χ4v) is 1.98. The van der Waals surface area contributed by atoms with Crippen LogP contribution in [0, 0.1) is 13.8 Å². The molecule has 0 unspecified atom stereocenters. The smallest absolute Gasteiger partial charge is 0.129 e. The number of nitrogens with one attached hydrogen (secondary N) is 1. The Morgan fingerprint density at radius 1 is 1.42 bits per heavy atom. The predicted molar refractivity (Wildman–Crippen MR) is 56.0 cm³/mol. The van der Waals surface area contributed by atoms with Gasteiger partial charge in [-0.2, -0.15) is 0 Å². The van der Waals surface area contributed by atoms with Gasteiger partial charge in [-0.05, 0) is 35.3 Å². The Balaban J connectivity index is 3.40. The molecule has 12 heavy (non-hydrogen) atoms. The lowest BCUT2D eigenvalue weighted by atomic mass is 10.2. The fraction of sp³-hybridized carbons (Fsp3) is 0.375. The van der Waals surface area contributed by atoms with Crippen LogP contribution in [0.2, 0.25) is 5.02 Å². The Morgan fingerprint density at radius 2 is 2.00 bits per heavy atom. The summed E-state index contributed by atoms with van der Waals surface area (Å²) in [5, 5.41) is 3.76. The summed E-state index contributed by atoms with van der Waals surface area (Å²) in [5.41, 5.74) is 2.82. The molecular formula is C8H10BrClN2. The normalized spacial score (nSPS) is 10.1. The number of aromatic nitrogens is 1. The quantitative estimate of drug-likeness (QED) is 0.774. The van der Waals surface area contributed by atoms with E-state index in [1.165, 1.54) is 0 Å². The first-order valence-corrected chi connectivity index (χ1v) is 4.75. The lowest BCUT2D eigenvalue weighted by Gasteiger charge is -2.10. The average molecular weight is 250 g/mol. The number of hydrogen-bond donors (Lipinski definition) is 1. The first-order chi connectivity index (χ1) is 5.57. The molecule has 0 aliphatic carbocycles. The van der Waals surface area contributed by atoms with E-state index in [9.17, 15) is 0 Å². The van der Waals surface area contributed by atoms with Gasteiger partial charge in [0.2, 0.25) is 0 Å². The van der Waals surface area contributed by atoms with Crippen LogP contribution in [-0.2, 0) is 0 Å². The van der Waals surface area contributed by atoms with Crippen molar-refractivity contribution in [2.45, 2.75) is 13.8 Å². The fourth-order valence-electron chi connectivity index (χ4n) is 1.08. The van der Waals surface area contributed by atoms with Gasteiger partial charge in [-0.1, -0.05) is 11.6 Å². The van der Waals surface area contributed by atoms with E-state index in [4.69, 9.17) is 11.6 Å². The SMILES string of the molecule is CNc1c(Br)nc(C)c(Cl)c1C. The van der Waals surface area contributed by atoms with Crippen molar-refractivity contribution >= 4 is 33.2 Å². The van der Waals surface area contributed by atoms with Crippen LogP contribution >= 0.6 is 27.5 Å². The first kappa shape index (κ1) is 9.81. The molecule has 0 radical (unpaired) electrons. The van der Waals surface area contributed by atoms with Crippen molar-refractivity contribution in [3.8, 4) is 0 Å². The topological polar surface area (TPSA) is 24.9 Å². The number of halogens is 2. The first-order valence-electron chi connectivity index (χ1n) is 3.58. The summed E-state index contributed by atoms with van der Waals surface area (Å²) in [7, 11) is 1.85. The van der Waals surface area contributed by atoms with E-state index in [2.05, 4.69) is 26.2 Å². The van der Waals surface area contributed by atoms with Crippen molar-refractivity contribution in [3.63, 3.8) is 0 Å². The van der Waals surface area contributed by atoms with Gasteiger partial charge in [0, 0.05) is 7.05 Å². The third kappa shape index (κ3) is 1.57. The summed E-state index contributed by atoms with van der Waals surface area (Å²) in [6.45, 7) is 3.85. The van der Waals surface area contributed by atoms with Crippen molar-refractivity contribution < 1.29 is 0 Å². The summed E-state index contributed by atoms with van der Waals surface area (Å²) < 4.78 is 0.810. The number of aryl methyl sites for hydroxylation is 1. The molecule has 0 saturated carbocycles. The molecule has 0 atom stereocenters. The molecule has 0 saturated heterocycles. The molecule has 1 rings (SSSR count). The molecule has 0 aromatic carbocycles. The van der Waals surface area contributed by atoms with Gasteiger partial charge in [-0.25, -0.2) is 4.98 Å². The van der Waals surface area contributed by atoms with Crippen molar-refractivity contribution in [1.29, 1.82) is 0 Å². The Bertz CT molecular complexity index is 312. The molecule has 0 amide bonds. The van der Waals surface area contributed by atoms with E-state index < -0.39 is 0 Å². The lowest BCUT2D eigenvalue weighted by molar-refractivity contribution is 1.14. The van der Waals surface area contributed by atoms with Gasteiger partial charge in [-0.15, -0.1) is 0 Å². The maximum Gasteiger partial charge on any atom is 0.129 e. The number of pyridine rings is 1. The number of hydrogen-bond acceptors (Lipinski definition) is 2. The van der Waals surface area contributed by atoms with E-state index in [1.54, 1.807) is 0 Å². The lowest BCUT2D eigenvalue weighted by Crippen LogP contribution is -1.98. The van der Waals surface area contributed by atoms with Crippen LogP contribution in [0.3, 0.4) is 0 Å². The monoisotopic (exact) mass is 248 g/mol. The highest BCUT2D eigenvalue weighted by Crippen LogP contribution is 2.30. The minimum absolute atomic E-state index is 0.725. The van der Waals surface area contributed by atoms with E-state index >= 15 is 0 Å². The molecular weight excluding hydrogens is 239 g/mol. The van der Waals surface area contributed by atoms with Crippen LogP contribution in [0.1, 0.15) is 11.3 Å². The standard InChI is InChI=1S/C8H10BrClN2/c1-4-6(10)5(2)12-8(9)7(4)11-3/h11H,1-3H3. The number of rotatable bonds is 1. The molecule has 1 aromatic rings. The van der Waals surface area contributed by atoms with Gasteiger partial charge in [0.05, 0.1) is 16.4 Å². The van der Waals surface area contributed by atoms with Crippen LogP contribution in [-0.4, -0.2) is 12.0 Å². The molecule has 0 aliphatic heterocycles. The van der Waals surface area contributed by atoms with Crippen LogP contribution in [0.4, 0.5) is 5.69 Å². The van der Waals surface area contributed by atoms with Gasteiger partial charge < -0.3 is 5.32 Å². The molecule has 2 nitrogen and oxygen atoms in total. The third-order valence-corrected chi connectivity index (χ3v) is 2.87. The molecule has 0 fully saturated rings. The summed E-state index contributed by atoms with van der Waals surface area (Å²) in [6, 6.07) is 0. The largest absolute Gasteiger partial charge is 0.386 e. The highest BCUT2D eigenvalue weighted by molar-refractivity contribution is 9.10.